The van der Waals surface area contributed by atoms with Crippen molar-refractivity contribution >= 4 is 5.91 Å². The van der Waals surface area contributed by atoms with Crippen LogP contribution in [0.5, 0.6) is 0 Å². The number of aliphatic hydroxyl groups excluding tert-OH is 3. The molecule has 0 bridgehead atoms. The maximum absolute atomic E-state index is 12.3. The third-order valence-electron chi connectivity index (χ3n) is 8.75. The molecule has 0 aliphatic heterocycles. The summed E-state index contributed by atoms with van der Waals surface area (Å²) in [6.45, 7) is 3.96. The summed E-state index contributed by atoms with van der Waals surface area (Å²) in [6.07, 6.45) is 43.1. The van der Waals surface area contributed by atoms with Crippen LogP contribution >= 0.6 is 0 Å². The summed E-state index contributed by atoms with van der Waals surface area (Å²) in [5, 5.41) is 32.9. The van der Waals surface area contributed by atoms with Crippen LogP contribution < -0.4 is 5.32 Å². The molecule has 4 N–H and O–H groups in total. The highest BCUT2D eigenvalue weighted by molar-refractivity contribution is 5.76. The SMILES string of the molecule is C/C=C/CC/C=C/CC/C=C/C(O)C(CO)NC(=O)CC(O)CCCCCCCCCCCCCCCCCCCCCCC. The van der Waals surface area contributed by atoms with Crippen molar-refractivity contribution in [1.29, 1.82) is 0 Å². The van der Waals surface area contributed by atoms with E-state index in [1.165, 1.54) is 122 Å². The highest BCUT2D eigenvalue weighted by Gasteiger charge is 2.20. The first-order valence-electron chi connectivity index (χ1n) is 19.2. The predicted octanol–water partition coefficient (Wildman–Crippen LogP) is 10.4. The molecule has 0 rings (SSSR count). The number of unbranched alkanes of at least 4 members (excludes halogenated alkanes) is 22. The van der Waals surface area contributed by atoms with Gasteiger partial charge in [-0.2, -0.15) is 0 Å². The number of hydrogen-bond acceptors (Lipinski definition) is 4. The van der Waals surface area contributed by atoms with Gasteiger partial charge < -0.3 is 20.6 Å². The van der Waals surface area contributed by atoms with Crippen molar-refractivity contribution < 1.29 is 20.1 Å². The fourth-order valence-electron chi connectivity index (χ4n) is 5.79. The fraction of sp³-hybridized carbons (Fsp3) is 0.825. The lowest BCUT2D eigenvalue weighted by molar-refractivity contribution is -0.124. The van der Waals surface area contributed by atoms with Crippen molar-refractivity contribution in [1.82, 2.24) is 5.32 Å². The number of aliphatic hydroxyl groups is 3. The van der Waals surface area contributed by atoms with Crippen molar-refractivity contribution in [2.24, 2.45) is 0 Å². The molecule has 0 saturated carbocycles. The Kier molecular flexibility index (Phi) is 34.3. The number of amides is 1. The molecule has 0 aliphatic carbocycles. The van der Waals surface area contributed by atoms with Crippen LogP contribution in [0.2, 0.25) is 0 Å². The van der Waals surface area contributed by atoms with E-state index in [1.807, 2.05) is 13.0 Å². The second-order valence-electron chi connectivity index (χ2n) is 13.2. The monoisotopic (exact) mass is 634 g/mol. The van der Waals surface area contributed by atoms with Gasteiger partial charge in [-0.15, -0.1) is 0 Å². The fourth-order valence-corrected chi connectivity index (χ4v) is 5.79. The summed E-state index contributed by atoms with van der Waals surface area (Å²) in [5.74, 6) is -0.332. The minimum absolute atomic E-state index is 0.00411. The molecule has 0 aliphatic rings. The minimum atomic E-state index is -0.955. The second-order valence-corrected chi connectivity index (χ2v) is 13.2. The number of hydrogen-bond donors (Lipinski definition) is 4. The van der Waals surface area contributed by atoms with Crippen molar-refractivity contribution in [3.05, 3.63) is 36.5 Å². The highest BCUT2D eigenvalue weighted by Crippen LogP contribution is 2.16. The minimum Gasteiger partial charge on any atom is -0.394 e. The zero-order valence-corrected chi connectivity index (χ0v) is 29.7. The molecule has 264 valence electrons. The molecular weight excluding hydrogens is 558 g/mol. The first kappa shape index (κ1) is 43.6. The summed E-state index contributed by atoms with van der Waals surface area (Å²) in [7, 11) is 0. The molecule has 0 aromatic rings. The van der Waals surface area contributed by atoms with Crippen LogP contribution in [0.3, 0.4) is 0 Å². The van der Waals surface area contributed by atoms with Gasteiger partial charge in [0.25, 0.3) is 0 Å². The molecule has 5 heteroatoms. The van der Waals surface area contributed by atoms with E-state index in [0.29, 0.717) is 6.42 Å². The lowest BCUT2D eigenvalue weighted by atomic mass is 10.0. The Morgan fingerprint density at radius 3 is 1.42 bits per heavy atom. The van der Waals surface area contributed by atoms with E-state index in [4.69, 9.17) is 0 Å². The first-order chi connectivity index (χ1) is 22.0. The Labute approximate surface area is 279 Å². The largest absolute Gasteiger partial charge is 0.394 e. The van der Waals surface area contributed by atoms with Gasteiger partial charge in [0.05, 0.1) is 31.3 Å². The highest BCUT2D eigenvalue weighted by atomic mass is 16.3. The van der Waals surface area contributed by atoms with Crippen LogP contribution in [0.25, 0.3) is 0 Å². The van der Waals surface area contributed by atoms with Gasteiger partial charge in [0.15, 0.2) is 0 Å². The maximum Gasteiger partial charge on any atom is 0.222 e. The smallest absolute Gasteiger partial charge is 0.222 e. The predicted molar refractivity (Wildman–Crippen MR) is 194 cm³/mol. The number of nitrogens with one attached hydrogen (secondary N) is 1. The summed E-state index contributed by atoms with van der Waals surface area (Å²) >= 11 is 0. The van der Waals surface area contributed by atoms with E-state index in [-0.39, 0.29) is 18.9 Å². The molecule has 0 fully saturated rings. The summed E-state index contributed by atoms with van der Waals surface area (Å²) in [4.78, 5) is 12.3. The number of carbonyl (C=O) groups excluding carboxylic acids is 1. The van der Waals surface area contributed by atoms with Crippen LogP contribution in [-0.4, -0.2) is 46.1 Å². The third-order valence-corrected chi connectivity index (χ3v) is 8.75. The average Bonchev–Trinajstić information content (AvgIpc) is 3.03. The lowest BCUT2D eigenvalue weighted by Gasteiger charge is -2.21. The Hall–Kier alpha value is -1.43. The molecule has 3 atom stereocenters. The topological polar surface area (TPSA) is 89.8 Å². The van der Waals surface area contributed by atoms with Gasteiger partial charge in [0.2, 0.25) is 5.91 Å². The Morgan fingerprint density at radius 1 is 0.600 bits per heavy atom. The van der Waals surface area contributed by atoms with Crippen LogP contribution in [-0.2, 0) is 4.79 Å². The Morgan fingerprint density at radius 2 is 1.00 bits per heavy atom. The quantitative estimate of drug-likeness (QED) is 0.0419. The van der Waals surface area contributed by atoms with Crippen LogP contribution in [0.15, 0.2) is 36.5 Å². The molecule has 45 heavy (non-hydrogen) atoms. The number of allylic oxidation sites excluding steroid dienone is 5. The van der Waals surface area contributed by atoms with E-state index in [9.17, 15) is 20.1 Å². The van der Waals surface area contributed by atoms with Crippen molar-refractivity contribution in [3.8, 4) is 0 Å². The molecule has 5 nitrogen and oxygen atoms in total. The molecule has 0 spiro atoms. The Balaban J connectivity index is 3.62. The van der Waals surface area contributed by atoms with Gasteiger partial charge in [-0.05, 0) is 39.0 Å². The molecule has 0 radical (unpaired) electrons. The van der Waals surface area contributed by atoms with Gasteiger partial charge in [-0.3, -0.25) is 4.79 Å². The van der Waals surface area contributed by atoms with E-state index in [2.05, 4.69) is 36.5 Å². The van der Waals surface area contributed by atoms with Crippen molar-refractivity contribution in [3.63, 3.8) is 0 Å². The van der Waals surface area contributed by atoms with Crippen LogP contribution in [0.1, 0.15) is 187 Å². The summed E-state index contributed by atoms with van der Waals surface area (Å²) in [6, 6.07) is -0.762. The molecule has 1 amide bonds. The van der Waals surface area contributed by atoms with E-state index >= 15 is 0 Å². The Bertz CT molecular complexity index is 704. The molecule has 0 aromatic heterocycles. The van der Waals surface area contributed by atoms with E-state index in [0.717, 1.165) is 38.5 Å². The van der Waals surface area contributed by atoms with E-state index in [1.54, 1.807) is 6.08 Å². The van der Waals surface area contributed by atoms with Crippen molar-refractivity contribution in [2.45, 2.75) is 205 Å². The second kappa shape index (κ2) is 35.4. The van der Waals surface area contributed by atoms with Gasteiger partial charge in [0.1, 0.15) is 0 Å². The molecule has 0 saturated heterocycles. The summed E-state index contributed by atoms with van der Waals surface area (Å²) in [5.41, 5.74) is 0. The van der Waals surface area contributed by atoms with Crippen molar-refractivity contribution in [2.75, 3.05) is 6.61 Å². The van der Waals surface area contributed by atoms with Crippen LogP contribution in [0.4, 0.5) is 0 Å². The number of rotatable bonds is 34. The van der Waals surface area contributed by atoms with Gasteiger partial charge in [-0.1, -0.05) is 178 Å². The average molecular weight is 634 g/mol. The molecule has 0 aromatic carbocycles. The van der Waals surface area contributed by atoms with Gasteiger partial charge in [-0.25, -0.2) is 0 Å². The first-order valence-corrected chi connectivity index (χ1v) is 19.2. The molecule has 3 unspecified atom stereocenters. The molecular formula is C40H75NO4. The zero-order valence-electron chi connectivity index (χ0n) is 29.7. The van der Waals surface area contributed by atoms with Crippen LogP contribution in [0, 0.1) is 0 Å². The van der Waals surface area contributed by atoms with Gasteiger partial charge in [0, 0.05) is 0 Å². The molecule has 0 heterocycles. The normalized spacial score (nSPS) is 14.2. The zero-order chi connectivity index (χ0) is 33.1. The van der Waals surface area contributed by atoms with E-state index < -0.39 is 18.2 Å². The standard InChI is InChI=1S/C40H75NO4/c1-3-5-7-9-11-13-14-15-16-17-18-19-20-21-22-23-24-26-27-29-31-33-37(43)35-40(45)41-38(36-42)39(44)34-32-30-28-25-12-10-8-6-4-2/h4,6,12,25,32,34,37-39,42-44H,3,5,7-11,13-24,26-31,33,35-36H2,1-2H3,(H,41,45)/b6-4+,25-12+,34-32+. The summed E-state index contributed by atoms with van der Waals surface area (Å²) < 4.78 is 0. The lowest BCUT2D eigenvalue weighted by Crippen LogP contribution is -2.45. The van der Waals surface area contributed by atoms with Gasteiger partial charge >= 0.3 is 0 Å². The number of carbonyl (C=O) groups is 1. The third kappa shape index (κ3) is 32.3. The maximum atomic E-state index is 12.3.